The number of rotatable bonds is 8. The number of carbonyl (C=O) groups excluding carboxylic acids is 1. The summed E-state index contributed by atoms with van der Waals surface area (Å²) in [7, 11) is 0. The van der Waals surface area contributed by atoms with Crippen LogP contribution >= 0.6 is 0 Å². The van der Waals surface area contributed by atoms with E-state index in [1.165, 1.54) is 0 Å². The molecule has 1 rings (SSSR count). The summed E-state index contributed by atoms with van der Waals surface area (Å²) in [6, 6.07) is 6.32. The molecule has 1 aromatic rings. The second-order valence-electron chi connectivity index (χ2n) is 4.87. The number of ether oxygens (including phenoxy) is 1. The fourth-order valence-electron chi connectivity index (χ4n) is 2.01. The quantitative estimate of drug-likeness (QED) is 0.775. The highest BCUT2D eigenvalue weighted by molar-refractivity contribution is 5.95. The molecule has 0 saturated heterocycles. The fourth-order valence-corrected chi connectivity index (χ4v) is 2.01. The Morgan fingerprint density at radius 1 is 1.29 bits per heavy atom. The molecular formula is C15H22F2N2O2. The van der Waals surface area contributed by atoms with E-state index in [1.54, 1.807) is 24.3 Å². The summed E-state index contributed by atoms with van der Waals surface area (Å²) in [5.41, 5.74) is 5.73. The Hall–Kier alpha value is -1.69. The zero-order valence-electron chi connectivity index (χ0n) is 12.4. The molecule has 0 heterocycles. The number of amides is 1. The molecule has 4 nitrogen and oxygen atoms in total. The first-order chi connectivity index (χ1) is 9.97. The second-order valence-corrected chi connectivity index (χ2v) is 4.87. The number of anilines is 1. The van der Waals surface area contributed by atoms with Gasteiger partial charge in [0.25, 0.3) is 6.43 Å². The minimum absolute atomic E-state index is 0.128. The van der Waals surface area contributed by atoms with Crippen molar-refractivity contribution in [1.29, 1.82) is 0 Å². The van der Waals surface area contributed by atoms with Gasteiger partial charge >= 0.3 is 0 Å². The highest BCUT2D eigenvalue weighted by Crippen LogP contribution is 2.27. The average Bonchev–Trinajstić information content (AvgIpc) is 2.49. The zero-order chi connectivity index (χ0) is 15.9. The summed E-state index contributed by atoms with van der Waals surface area (Å²) in [5.74, 6) is 0.209. The van der Waals surface area contributed by atoms with Crippen molar-refractivity contribution in [3.05, 3.63) is 24.3 Å². The molecule has 0 unspecified atom stereocenters. The van der Waals surface area contributed by atoms with Gasteiger partial charge in [0.05, 0.1) is 5.41 Å². The second kappa shape index (κ2) is 7.93. The molecule has 0 fully saturated rings. The Morgan fingerprint density at radius 3 is 2.29 bits per heavy atom. The summed E-state index contributed by atoms with van der Waals surface area (Å²) in [6.07, 6.45) is -1.20. The Labute approximate surface area is 123 Å². The van der Waals surface area contributed by atoms with Crippen LogP contribution in [0.4, 0.5) is 14.5 Å². The molecule has 118 valence electrons. The molecule has 0 aliphatic carbocycles. The average molecular weight is 300 g/mol. The van der Waals surface area contributed by atoms with Gasteiger partial charge in [-0.15, -0.1) is 0 Å². The number of halogens is 2. The van der Waals surface area contributed by atoms with Crippen molar-refractivity contribution in [2.75, 3.05) is 18.5 Å². The fraction of sp³-hybridized carbons (Fsp3) is 0.533. The van der Waals surface area contributed by atoms with E-state index in [2.05, 4.69) is 5.32 Å². The number of nitrogens with two attached hydrogens (primary N) is 1. The summed E-state index contributed by atoms with van der Waals surface area (Å²) < 4.78 is 28.9. The first-order valence-electron chi connectivity index (χ1n) is 7.00. The predicted molar refractivity (Wildman–Crippen MR) is 78.6 cm³/mol. The number of hydrogen-bond acceptors (Lipinski definition) is 3. The van der Waals surface area contributed by atoms with Crippen molar-refractivity contribution in [2.24, 2.45) is 11.1 Å². The van der Waals surface area contributed by atoms with E-state index in [0.29, 0.717) is 24.3 Å². The van der Waals surface area contributed by atoms with E-state index in [4.69, 9.17) is 10.5 Å². The van der Waals surface area contributed by atoms with Crippen LogP contribution in [-0.2, 0) is 4.79 Å². The predicted octanol–water partition coefficient (Wildman–Crippen LogP) is 3.03. The maximum atomic E-state index is 12.3. The van der Waals surface area contributed by atoms with Gasteiger partial charge in [-0.1, -0.05) is 13.8 Å². The SMILES string of the molecule is CCC(CC)(CN)C(=O)Nc1ccc(OCC(F)F)cc1. The van der Waals surface area contributed by atoms with Crippen LogP contribution in [0, 0.1) is 5.41 Å². The Morgan fingerprint density at radius 2 is 1.86 bits per heavy atom. The number of hydrogen-bond donors (Lipinski definition) is 2. The van der Waals surface area contributed by atoms with Crippen LogP contribution in [0.5, 0.6) is 5.75 Å². The van der Waals surface area contributed by atoms with Crippen LogP contribution in [0.1, 0.15) is 26.7 Å². The summed E-state index contributed by atoms with van der Waals surface area (Å²) >= 11 is 0. The van der Waals surface area contributed by atoms with Gasteiger partial charge < -0.3 is 15.8 Å². The third kappa shape index (κ3) is 4.67. The van der Waals surface area contributed by atoms with Crippen molar-refractivity contribution in [3.63, 3.8) is 0 Å². The maximum absolute atomic E-state index is 12.3. The first-order valence-corrected chi connectivity index (χ1v) is 7.00. The summed E-state index contributed by atoms with van der Waals surface area (Å²) in [5, 5.41) is 2.81. The molecule has 0 radical (unpaired) electrons. The highest BCUT2D eigenvalue weighted by Gasteiger charge is 2.33. The van der Waals surface area contributed by atoms with Crippen molar-refractivity contribution in [3.8, 4) is 5.75 Å². The number of nitrogens with one attached hydrogen (secondary N) is 1. The van der Waals surface area contributed by atoms with E-state index in [-0.39, 0.29) is 12.5 Å². The molecule has 1 aromatic carbocycles. The minimum Gasteiger partial charge on any atom is -0.488 e. The molecule has 1 amide bonds. The van der Waals surface area contributed by atoms with Crippen LogP contribution < -0.4 is 15.8 Å². The largest absolute Gasteiger partial charge is 0.488 e. The third-order valence-corrected chi connectivity index (χ3v) is 3.71. The standard InChI is InChI=1S/C15H22F2N2O2/c1-3-15(4-2,10-18)14(20)19-11-5-7-12(8-6-11)21-9-13(16)17/h5-8,13H,3-4,9-10,18H2,1-2H3,(H,19,20). The van der Waals surface area contributed by atoms with E-state index in [1.807, 2.05) is 13.8 Å². The zero-order valence-corrected chi connectivity index (χ0v) is 12.4. The van der Waals surface area contributed by atoms with Gasteiger partial charge in [-0.05, 0) is 37.1 Å². The third-order valence-electron chi connectivity index (χ3n) is 3.71. The molecule has 0 saturated carbocycles. The highest BCUT2D eigenvalue weighted by atomic mass is 19.3. The Bertz CT molecular complexity index is 437. The van der Waals surface area contributed by atoms with Crippen LogP contribution in [0.25, 0.3) is 0 Å². The van der Waals surface area contributed by atoms with Gasteiger partial charge in [-0.25, -0.2) is 8.78 Å². The van der Waals surface area contributed by atoms with Crippen LogP contribution in [0.3, 0.4) is 0 Å². The van der Waals surface area contributed by atoms with E-state index >= 15 is 0 Å². The number of carbonyl (C=O) groups is 1. The van der Waals surface area contributed by atoms with E-state index in [9.17, 15) is 13.6 Å². The molecular weight excluding hydrogens is 278 g/mol. The summed E-state index contributed by atoms with van der Waals surface area (Å²) in [4.78, 5) is 12.3. The molecule has 21 heavy (non-hydrogen) atoms. The van der Waals surface area contributed by atoms with Gasteiger partial charge in [-0.2, -0.15) is 0 Å². The molecule has 0 aliphatic heterocycles. The lowest BCUT2D eigenvalue weighted by atomic mass is 9.81. The van der Waals surface area contributed by atoms with Crippen molar-refractivity contribution in [1.82, 2.24) is 0 Å². The summed E-state index contributed by atoms with van der Waals surface area (Å²) in [6.45, 7) is 3.49. The molecule has 0 aliphatic rings. The van der Waals surface area contributed by atoms with Gasteiger partial charge in [0.1, 0.15) is 12.4 Å². The Balaban J connectivity index is 2.69. The van der Waals surface area contributed by atoms with Gasteiger partial charge in [0, 0.05) is 12.2 Å². The van der Waals surface area contributed by atoms with Crippen molar-refractivity contribution < 1.29 is 18.3 Å². The molecule has 6 heteroatoms. The van der Waals surface area contributed by atoms with Gasteiger partial charge in [-0.3, -0.25) is 4.79 Å². The number of alkyl halides is 2. The first kappa shape index (κ1) is 17.4. The molecule has 3 N–H and O–H groups in total. The molecule has 0 spiro atoms. The van der Waals surface area contributed by atoms with Gasteiger partial charge in [0.15, 0.2) is 0 Å². The smallest absolute Gasteiger partial charge is 0.272 e. The van der Waals surface area contributed by atoms with Crippen LogP contribution in [0.15, 0.2) is 24.3 Å². The normalized spacial score (nSPS) is 11.5. The molecule has 0 atom stereocenters. The lowest BCUT2D eigenvalue weighted by Crippen LogP contribution is -2.41. The number of benzene rings is 1. The minimum atomic E-state index is -2.51. The lowest BCUT2D eigenvalue weighted by Gasteiger charge is -2.28. The van der Waals surface area contributed by atoms with Crippen LogP contribution in [0.2, 0.25) is 0 Å². The van der Waals surface area contributed by atoms with E-state index < -0.39 is 18.4 Å². The van der Waals surface area contributed by atoms with Crippen molar-refractivity contribution in [2.45, 2.75) is 33.1 Å². The monoisotopic (exact) mass is 300 g/mol. The molecule has 0 bridgehead atoms. The van der Waals surface area contributed by atoms with E-state index in [0.717, 1.165) is 0 Å². The maximum Gasteiger partial charge on any atom is 0.272 e. The topological polar surface area (TPSA) is 64.4 Å². The lowest BCUT2D eigenvalue weighted by molar-refractivity contribution is -0.125. The van der Waals surface area contributed by atoms with Crippen LogP contribution in [-0.4, -0.2) is 25.5 Å². The molecule has 0 aromatic heterocycles. The van der Waals surface area contributed by atoms with Gasteiger partial charge in [0.2, 0.25) is 5.91 Å². The van der Waals surface area contributed by atoms with Crippen molar-refractivity contribution >= 4 is 11.6 Å². The Kier molecular flexibility index (Phi) is 6.55.